The normalized spacial score (nSPS) is 12.2. The van der Waals surface area contributed by atoms with Gasteiger partial charge in [0.25, 0.3) is 0 Å². The first-order chi connectivity index (χ1) is 19.1. The molecule has 0 spiro atoms. The second kappa shape index (κ2) is 12.7. The van der Waals surface area contributed by atoms with E-state index in [2.05, 4.69) is 40.7 Å². The maximum atomic E-state index is 10.5. The molecule has 5 heteroatoms. The van der Waals surface area contributed by atoms with Crippen LogP contribution in [0.15, 0.2) is 131 Å². The molecule has 0 saturated heterocycles. The largest absolute Gasteiger partial charge is 0.275 e. The van der Waals surface area contributed by atoms with E-state index in [0.717, 1.165) is 32.4 Å². The van der Waals surface area contributed by atoms with Gasteiger partial charge in [-0.2, -0.15) is 15.8 Å². The Morgan fingerprint density at radius 3 is 1.82 bits per heavy atom. The summed E-state index contributed by atoms with van der Waals surface area (Å²) in [6, 6.07) is 40.8. The predicted molar refractivity (Wildman–Crippen MR) is 158 cm³/mol. The SMILES string of the molecule is C=CCC(C#N)(C#N)[C@@H](c1ccccc1Br)[C@H](N=C(c1ccccc1)c1ccccc1)c1ccc(C#N)cc1. The molecule has 0 fully saturated rings. The van der Waals surface area contributed by atoms with Gasteiger partial charge in [-0.3, -0.25) is 4.99 Å². The van der Waals surface area contributed by atoms with E-state index >= 15 is 0 Å². The number of allylic oxidation sites excluding steroid dienone is 1. The molecule has 2 atom stereocenters. The molecule has 0 N–H and O–H groups in total. The summed E-state index contributed by atoms with van der Waals surface area (Å²) in [5.41, 5.74) is 3.20. The van der Waals surface area contributed by atoms with Crippen molar-refractivity contribution in [2.75, 3.05) is 0 Å². The molecular formula is C34H25BrN4. The number of hydrogen-bond donors (Lipinski definition) is 0. The van der Waals surface area contributed by atoms with Crippen LogP contribution in [0.4, 0.5) is 0 Å². The van der Waals surface area contributed by atoms with Gasteiger partial charge in [-0.1, -0.05) is 113 Å². The highest BCUT2D eigenvalue weighted by Gasteiger charge is 2.46. The second-order valence-electron chi connectivity index (χ2n) is 9.08. The summed E-state index contributed by atoms with van der Waals surface area (Å²) in [5, 5.41) is 30.5. The molecule has 0 saturated carbocycles. The van der Waals surface area contributed by atoms with Gasteiger partial charge in [-0.05, 0) is 35.7 Å². The Morgan fingerprint density at radius 1 is 0.795 bits per heavy atom. The van der Waals surface area contributed by atoms with Crippen molar-refractivity contribution in [3.63, 3.8) is 0 Å². The molecule has 4 aromatic carbocycles. The lowest BCUT2D eigenvalue weighted by atomic mass is 9.67. The highest BCUT2D eigenvalue weighted by atomic mass is 79.9. The Labute approximate surface area is 238 Å². The lowest BCUT2D eigenvalue weighted by Crippen LogP contribution is -2.31. The lowest BCUT2D eigenvalue weighted by molar-refractivity contribution is 0.360. The molecule has 188 valence electrons. The predicted octanol–water partition coefficient (Wildman–Crippen LogP) is 8.29. The number of halogens is 1. The van der Waals surface area contributed by atoms with E-state index in [9.17, 15) is 15.8 Å². The highest BCUT2D eigenvalue weighted by Crippen LogP contribution is 2.50. The molecule has 0 heterocycles. The van der Waals surface area contributed by atoms with E-state index in [1.807, 2.05) is 97.1 Å². The quantitative estimate of drug-likeness (QED) is 0.150. The van der Waals surface area contributed by atoms with Gasteiger partial charge in [-0.25, -0.2) is 0 Å². The molecule has 4 nitrogen and oxygen atoms in total. The zero-order valence-electron chi connectivity index (χ0n) is 21.2. The highest BCUT2D eigenvalue weighted by molar-refractivity contribution is 9.10. The number of benzene rings is 4. The molecule has 0 aromatic heterocycles. The van der Waals surface area contributed by atoms with Gasteiger partial charge in [0.15, 0.2) is 5.41 Å². The summed E-state index contributed by atoms with van der Waals surface area (Å²) in [7, 11) is 0. The van der Waals surface area contributed by atoms with Gasteiger partial charge in [0.2, 0.25) is 0 Å². The number of nitriles is 3. The maximum absolute atomic E-state index is 10.5. The lowest BCUT2D eigenvalue weighted by Gasteiger charge is -2.35. The maximum Gasteiger partial charge on any atom is 0.156 e. The molecule has 39 heavy (non-hydrogen) atoms. The van der Waals surface area contributed by atoms with Gasteiger partial charge in [-0.15, -0.1) is 6.58 Å². The first-order valence-corrected chi connectivity index (χ1v) is 13.2. The molecule has 4 rings (SSSR count). The summed E-state index contributed by atoms with van der Waals surface area (Å²) in [5.74, 6) is -0.670. The molecule has 0 radical (unpaired) electrons. The number of rotatable bonds is 9. The van der Waals surface area contributed by atoms with E-state index in [1.54, 1.807) is 18.2 Å². The molecule has 0 unspecified atom stereocenters. The van der Waals surface area contributed by atoms with Crippen LogP contribution in [0.3, 0.4) is 0 Å². The number of hydrogen-bond acceptors (Lipinski definition) is 4. The second-order valence-corrected chi connectivity index (χ2v) is 9.93. The van der Waals surface area contributed by atoms with Crippen LogP contribution in [-0.4, -0.2) is 5.71 Å². The van der Waals surface area contributed by atoms with Crippen molar-refractivity contribution in [2.24, 2.45) is 10.4 Å². The Kier molecular flexibility index (Phi) is 8.86. The van der Waals surface area contributed by atoms with Crippen molar-refractivity contribution in [1.29, 1.82) is 15.8 Å². The monoisotopic (exact) mass is 568 g/mol. The summed E-state index contributed by atoms with van der Waals surface area (Å²) < 4.78 is 0.781. The summed E-state index contributed by atoms with van der Waals surface area (Å²) in [4.78, 5) is 5.38. The van der Waals surface area contributed by atoms with Crippen molar-refractivity contribution in [3.05, 3.63) is 154 Å². The number of aliphatic imine (C=N–C) groups is 1. The fourth-order valence-electron chi connectivity index (χ4n) is 4.79. The Bertz CT molecular complexity index is 1530. The van der Waals surface area contributed by atoms with Gasteiger partial charge in [0.05, 0.1) is 35.5 Å². The number of nitrogens with zero attached hydrogens (tertiary/aromatic N) is 4. The van der Waals surface area contributed by atoms with E-state index in [4.69, 9.17) is 4.99 Å². The average molecular weight is 570 g/mol. The minimum atomic E-state index is -1.47. The molecule has 0 aliphatic carbocycles. The minimum Gasteiger partial charge on any atom is -0.275 e. The van der Waals surface area contributed by atoms with Crippen LogP contribution in [0, 0.1) is 39.4 Å². The molecular weight excluding hydrogens is 544 g/mol. The summed E-state index contributed by atoms with van der Waals surface area (Å²) in [6.07, 6.45) is 1.77. The molecule has 0 amide bonds. The zero-order chi connectivity index (χ0) is 27.7. The van der Waals surface area contributed by atoms with Crippen molar-refractivity contribution in [3.8, 4) is 18.2 Å². The van der Waals surface area contributed by atoms with Crippen molar-refractivity contribution >= 4 is 21.6 Å². The van der Waals surface area contributed by atoms with Crippen molar-refractivity contribution in [2.45, 2.75) is 18.4 Å². The average Bonchev–Trinajstić information content (AvgIpc) is 3.00. The Balaban J connectivity index is 2.10. The van der Waals surface area contributed by atoms with Crippen LogP contribution in [0.25, 0.3) is 0 Å². The minimum absolute atomic E-state index is 0.153. The third kappa shape index (κ3) is 5.89. The summed E-state index contributed by atoms with van der Waals surface area (Å²) in [6.45, 7) is 3.86. The molecule has 0 aliphatic heterocycles. The van der Waals surface area contributed by atoms with Crippen LogP contribution < -0.4 is 0 Å². The van der Waals surface area contributed by atoms with E-state index < -0.39 is 17.4 Å². The van der Waals surface area contributed by atoms with E-state index in [0.29, 0.717) is 5.56 Å². The topological polar surface area (TPSA) is 83.7 Å². The van der Waals surface area contributed by atoms with Crippen molar-refractivity contribution in [1.82, 2.24) is 0 Å². The van der Waals surface area contributed by atoms with Crippen LogP contribution in [-0.2, 0) is 0 Å². The Hall–Kier alpha value is -4.76. The van der Waals surface area contributed by atoms with Gasteiger partial charge >= 0.3 is 0 Å². The first-order valence-electron chi connectivity index (χ1n) is 12.4. The summed E-state index contributed by atoms with van der Waals surface area (Å²) >= 11 is 3.68. The fourth-order valence-corrected chi connectivity index (χ4v) is 5.32. The van der Waals surface area contributed by atoms with Crippen molar-refractivity contribution < 1.29 is 0 Å². The van der Waals surface area contributed by atoms with Crippen LogP contribution in [0.2, 0.25) is 0 Å². The smallest absolute Gasteiger partial charge is 0.156 e. The van der Waals surface area contributed by atoms with Gasteiger partial charge < -0.3 is 0 Å². The van der Waals surface area contributed by atoms with Crippen LogP contribution in [0.5, 0.6) is 0 Å². The molecule has 0 bridgehead atoms. The van der Waals surface area contributed by atoms with E-state index in [1.165, 1.54) is 0 Å². The van der Waals surface area contributed by atoms with Gasteiger partial charge in [0, 0.05) is 21.5 Å². The molecule has 4 aromatic rings. The van der Waals surface area contributed by atoms with Gasteiger partial charge in [0.1, 0.15) is 0 Å². The zero-order valence-corrected chi connectivity index (χ0v) is 22.8. The fraction of sp³-hybridized carbons (Fsp3) is 0.118. The van der Waals surface area contributed by atoms with Crippen LogP contribution >= 0.6 is 15.9 Å². The molecule has 0 aliphatic rings. The third-order valence-corrected chi connectivity index (χ3v) is 7.42. The first kappa shape index (κ1) is 27.3. The Morgan fingerprint density at radius 2 is 1.33 bits per heavy atom. The standard InChI is InChI=1S/C34H25BrN4/c1-2-21-34(23-37,24-38)31(29-15-9-10-16-30(29)35)33(28-19-17-25(22-36)18-20-28)39-32(26-11-5-3-6-12-26)27-13-7-4-8-14-27/h2-20,31,33H,1,21H2/t31-,33+/m0/s1. The van der Waals surface area contributed by atoms with Crippen LogP contribution in [0.1, 0.15) is 46.2 Å². The van der Waals surface area contributed by atoms with E-state index in [-0.39, 0.29) is 6.42 Å². The third-order valence-electron chi connectivity index (χ3n) is 6.70.